The Labute approximate surface area is 195 Å². The Balaban J connectivity index is 1.50. The number of fused-ring (bicyclic) bond motifs is 5. The molecule has 7 heteroatoms. The maximum Gasteiger partial charge on any atom is 0.331 e. The number of nitrogens with zero attached hydrogens (tertiary/aromatic N) is 1. The lowest BCUT2D eigenvalue weighted by Gasteiger charge is -2.65. The fraction of sp³-hybridized carbons (Fsp3) is 0.846. The molecular formula is C26H39NO6. The maximum atomic E-state index is 12.4. The topological polar surface area (TPSA) is 120 Å². The molecule has 8 atom stereocenters. The minimum Gasteiger partial charge on any atom is -0.458 e. The van der Waals surface area contributed by atoms with Crippen LogP contribution in [0.4, 0.5) is 0 Å². The minimum absolute atomic E-state index is 0.0414. The zero-order chi connectivity index (χ0) is 23.5. The zero-order valence-corrected chi connectivity index (χ0v) is 19.7. The van der Waals surface area contributed by atoms with E-state index in [1.807, 2.05) is 6.21 Å². The molecule has 4 saturated carbocycles. The first-order valence-electron chi connectivity index (χ1n) is 12.8. The van der Waals surface area contributed by atoms with E-state index in [-0.39, 0.29) is 35.7 Å². The summed E-state index contributed by atoms with van der Waals surface area (Å²) in [5.41, 5.74) is -1.76. The van der Waals surface area contributed by atoms with Gasteiger partial charge in [0.05, 0.1) is 17.3 Å². The molecule has 4 N–H and O–H groups in total. The molecule has 0 radical (unpaired) electrons. The highest BCUT2D eigenvalue weighted by Crippen LogP contribution is 2.70. The van der Waals surface area contributed by atoms with E-state index in [9.17, 15) is 25.2 Å². The standard InChI is InChI=1S/C26H39NO6/c1-23-7-4-20-21(26(23,32)10-6-19(23)17-13-22(30)33-15-17)5-9-25(31)14-18(29)3-8-24(20,25)16-27-11-2-12-28/h13,16,18-21,28-29,31-32H,2-12,14-15H2,1H3/t18?,19?,20-,21?,23?,24?,25?,26?/m0/s1. The molecule has 0 aromatic carbocycles. The Morgan fingerprint density at radius 3 is 2.64 bits per heavy atom. The normalized spacial score (nSPS) is 49.4. The van der Waals surface area contributed by atoms with E-state index in [1.165, 1.54) is 0 Å². The van der Waals surface area contributed by atoms with Crippen LogP contribution in [0.25, 0.3) is 0 Å². The van der Waals surface area contributed by atoms with Gasteiger partial charge in [0.15, 0.2) is 0 Å². The van der Waals surface area contributed by atoms with Crippen molar-refractivity contribution < 1.29 is 30.0 Å². The molecule has 5 rings (SSSR count). The monoisotopic (exact) mass is 461 g/mol. The lowest BCUT2D eigenvalue weighted by molar-refractivity contribution is -0.237. The lowest BCUT2D eigenvalue weighted by Crippen LogP contribution is -2.68. The first-order valence-corrected chi connectivity index (χ1v) is 12.8. The lowest BCUT2D eigenvalue weighted by atomic mass is 9.41. The molecule has 33 heavy (non-hydrogen) atoms. The molecule has 7 nitrogen and oxygen atoms in total. The van der Waals surface area contributed by atoms with Crippen LogP contribution in [0.5, 0.6) is 0 Å². The number of esters is 1. The predicted molar refractivity (Wildman–Crippen MR) is 123 cm³/mol. The third-order valence-electron chi connectivity index (χ3n) is 10.4. The van der Waals surface area contributed by atoms with Gasteiger partial charge in [0.25, 0.3) is 0 Å². The molecule has 4 aliphatic carbocycles. The summed E-state index contributed by atoms with van der Waals surface area (Å²) in [5, 5.41) is 43.9. The fourth-order valence-corrected chi connectivity index (χ4v) is 8.75. The molecule has 0 aromatic heterocycles. The van der Waals surface area contributed by atoms with Gasteiger partial charge in [-0.25, -0.2) is 4.79 Å². The van der Waals surface area contributed by atoms with Crippen LogP contribution in [-0.2, 0) is 9.53 Å². The molecule has 0 aromatic rings. The Morgan fingerprint density at radius 1 is 1.12 bits per heavy atom. The van der Waals surface area contributed by atoms with E-state index in [1.54, 1.807) is 6.08 Å². The van der Waals surface area contributed by atoms with Crippen molar-refractivity contribution in [2.75, 3.05) is 19.8 Å². The van der Waals surface area contributed by atoms with Gasteiger partial charge in [-0.1, -0.05) is 6.92 Å². The summed E-state index contributed by atoms with van der Waals surface area (Å²) >= 11 is 0. The second kappa shape index (κ2) is 8.14. The van der Waals surface area contributed by atoms with Gasteiger partial charge >= 0.3 is 5.97 Å². The van der Waals surface area contributed by atoms with Crippen molar-refractivity contribution in [3.05, 3.63) is 11.6 Å². The van der Waals surface area contributed by atoms with Crippen LogP contribution >= 0.6 is 0 Å². The molecular weight excluding hydrogens is 422 g/mol. The SMILES string of the molecule is CC12CC[C@H]3C(CCC4(O)CC(O)CCC34C=NCCCO)C1(O)CCC2C1=CC(=O)OC1. The molecule has 1 aliphatic heterocycles. The summed E-state index contributed by atoms with van der Waals surface area (Å²) in [7, 11) is 0. The van der Waals surface area contributed by atoms with E-state index in [0.29, 0.717) is 51.7 Å². The summed E-state index contributed by atoms with van der Waals surface area (Å²) in [6.45, 7) is 3.13. The Morgan fingerprint density at radius 2 is 1.91 bits per heavy atom. The Kier molecular flexibility index (Phi) is 5.79. The fourth-order valence-electron chi connectivity index (χ4n) is 8.75. The molecule has 1 heterocycles. The van der Waals surface area contributed by atoms with Gasteiger partial charge in [-0.05, 0) is 81.1 Å². The predicted octanol–water partition coefficient (Wildman–Crippen LogP) is 2.15. The summed E-state index contributed by atoms with van der Waals surface area (Å²) in [4.78, 5) is 16.4. The van der Waals surface area contributed by atoms with Gasteiger partial charge in [0.1, 0.15) is 6.61 Å². The van der Waals surface area contributed by atoms with Crippen molar-refractivity contribution in [1.29, 1.82) is 0 Å². The van der Waals surface area contributed by atoms with Gasteiger partial charge in [-0.3, -0.25) is 4.99 Å². The van der Waals surface area contributed by atoms with Crippen molar-refractivity contribution in [2.45, 2.75) is 88.4 Å². The molecule has 184 valence electrons. The summed E-state index contributed by atoms with van der Waals surface area (Å²) in [6.07, 6.45) is 9.83. The third-order valence-corrected chi connectivity index (χ3v) is 10.4. The number of carbonyl (C=O) groups excluding carboxylic acids is 1. The molecule has 0 bridgehead atoms. The zero-order valence-electron chi connectivity index (χ0n) is 19.7. The van der Waals surface area contributed by atoms with Gasteiger partial charge in [-0.15, -0.1) is 0 Å². The number of hydrogen-bond acceptors (Lipinski definition) is 7. The van der Waals surface area contributed by atoms with Crippen LogP contribution in [0.1, 0.15) is 71.1 Å². The van der Waals surface area contributed by atoms with Crippen molar-refractivity contribution in [1.82, 2.24) is 0 Å². The van der Waals surface area contributed by atoms with Crippen molar-refractivity contribution in [3.8, 4) is 0 Å². The van der Waals surface area contributed by atoms with Crippen molar-refractivity contribution >= 4 is 12.2 Å². The molecule has 0 spiro atoms. The first kappa shape index (κ1) is 23.5. The average molecular weight is 462 g/mol. The van der Waals surface area contributed by atoms with Crippen LogP contribution in [-0.4, -0.2) is 69.7 Å². The third kappa shape index (κ3) is 3.29. The van der Waals surface area contributed by atoms with Crippen LogP contribution in [0.2, 0.25) is 0 Å². The number of cyclic esters (lactones) is 1. The van der Waals surface area contributed by atoms with Crippen LogP contribution in [0.3, 0.4) is 0 Å². The van der Waals surface area contributed by atoms with Crippen LogP contribution in [0.15, 0.2) is 16.6 Å². The van der Waals surface area contributed by atoms with Crippen molar-refractivity contribution in [2.24, 2.45) is 33.6 Å². The quantitative estimate of drug-likeness (QED) is 0.283. The number of aliphatic imine (C=N–C) groups is 1. The molecule has 4 fully saturated rings. The van der Waals surface area contributed by atoms with Gasteiger partial charge in [0, 0.05) is 42.7 Å². The second-order valence-electron chi connectivity index (χ2n) is 11.6. The van der Waals surface area contributed by atoms with Gasteiger partial charge < -0.3 is 25.2 Å². The molecule has 7 unspecified atom stereocenters. The van der Waals surface area contributed by atoms with Gasteiger partial charge in [0.2, 0.25) is 0 Å². The van der Waals surface area contributed by atoms with E-state index in [0.717, 1.165) is 31.3 Å². The number of ether oxygens (including phenoxy) is 1. The Bertz CT molecular complexity index is 858. The number of aliphatic hydroxyl groups excluding tert-OH is 2. The van der Waals surface area contributed by atoms with E-state index < -0.39 is 22.7 Å². The largest absolute Gasteiger partial charge is 0.458 e. The van der Waals surface area contributed by atoms with E-state index in [2.05, 4.69) is 11.9 Å². The van der Waals surface area contributed by atoms with Gasteiger partial charge in [-0.2, -0.15) is 0 Å². The molecule has 0 saturated heterocycles. The highest BCUT2D eigenvalue weighted by atomic mass is 16.5. The number of rotatable bonds is 5. The van der Waals surface area contributed by atoms with Crippen molar-refractivity contribution in [3.63, 3.8) is 0 Å². The summed E-state index contributed by atoms with van der Waals surface area (Å²) < 4.78 is 5.21. The molecule has 5 aliphatic rings. The van der Waals surface area contributed by atoms with E-state index >= 15 is 0 Å². The highest BCUT2D eigenvalue weighted by molar-refractivity contribution is 5.85. The summed E-state index contributed by atoms with van der Waals surface area (Å²) in [6, 6.07) is 0. The number of hydrogen-bond donors (Lipinski definition) is 4. The Hall–Kier alpha value is -1.28. The highest BCUT2D eigenvalue weighted by Gasteiger charge is 2.71. The first-order chi connectivity index (χ1) is 15.7. The number of aliphatic hydroxyl groups is 4. The second-order valence-corrected chi connectivity index (χ2v) is 11.6. The van der Waals surface area contributed by atoms with Crippen LogP contribution in [0, 0.1) is 28.6 Å². The van der Waals surface area contributed by atoms with E-state index in [4.69, 9.17) is 4.74 Å². The molecule has 0 amide bonds. The maximum absolute atomic E-state index is 12.4. The minimum atomic E-state index is -1.02. The van der Waals surface area contributed by atoms with Crippen LogP contribution < -0.4 is 0 Å². The summed E-state index contributed by atoms with van der Waals surface area (Å²) in [5.74, 6) is -0.00843. The average Bonchev–Trinajstić information content (AvgIpc) is 3.31. The smallest absolute Gasteiger partial charge is 0.331 e. The number of carbonyl (C=O) groups is 1.